The van der Waals surface area contributed by atoms with Crippen LogP contribution in [-0.2, 0) is 0 Å². The molecule has 0 aliphatic heterocycles. The van der Waals surface area contributed by atoms with Crippen LogP contribution in [0.3, 0.4) is 0 Å². The number of hydrogen-bond acceptors (Lipinski definition) is 4. The second-order valence-electron chi connectivity index (χ2n) is 4.60. The molecule has 0 aliphatic rings. The van der Waals surface area contributed by atoms with Crippen molar-refractivity contribution in [1.29, 1.82) is 0 Å². The summed E-state index contributed by atoms with van der Waals surface area (Å²) in [6.07, 6.45) is 0. The Morgan fingerprint density at radius 3 is 2.30 bits per heavy atom. The predicted molar refractivity (Wildman–Crippen MR) is 91.0 cm³/mol. The number of thiocarbonyl (C=S) groups is 1. The average Bonchev–Trinajstić information content (AvgIpc) is 2.55. The number of para-hydroxylation sites is 1. The average molecular weight is 330 g/mol. The molecule has 7 nitrogen and oxygen atoms in total. The van der Waals surface area contributed by atoms with E-state index in [0.29, 0.717) is 5.56 Å². The van der Waals surface area contributed by atoms with Crippen molar-refractivity contribution >= 4 is 34.6 Å². The monoisotopic (exact) mass is 330 g/mol. The second kappa shape index (κ2) is 7.32. The van der Waals surface area contributed by atoms with Crippen LogP contribution < -0.4 is 10.7 Å². The quantitative estimate of drug-likeness (QED) is 0.511. The van der Waals surface area contributed by atoms with Crippen LogP contribution >= 0.6 is 12.2 Å². The largest absolute Gasteiger partial charge is 0.331 e. The van der Waals surface area contributed by atoms with E-state index in [1.807, 2.05) is 30.3 Å². The Hall–Kier alpha value is -3.00. The number of nitro groups is 1. The van der Waals surface area contributed by atoms with E-state index in [9.17, 15) is 14.9 Å². The highest BCUT2D eigenvalue weighted by molar-refractivity contribution is 7.80. The normalized spacial score (nSPS) is 9.78. The Morgan fingerprint density at radius 2 is 1.74 bits per heavy atom. The number of benzene rings is 2. The lowest BCUT2D eigenvalue weighted by molar-refractivity contribution is -0.384. The van der Waals surface area contributed by atoms with Crippen molar-refractivity contribution in [3.05, 3.63) is 70.3 Å². The van der Waals surface area contributed by atoms with Gasteiger partial charge in [0.15, 0.2) is 5.11 Å². The third kappa shape index (κ3) is 4.48. The second-order valence-corrected chi connectivity index (χ2v) is 5.01. The number of hydrazine groups is 1. The van der Waals surface area contributed by atoms with Crippen LogP contribution in [0.2, 0.25) is 0 Å². The van der Waals surface area contributed by atoms with Gasteiger partial charge in [0.05, 0.1) is 4.92 Å². The third-order valence-corrected chi connectivity index (χ3v) is 3.12. The van der Waals surface area contributed by atoms with Crippen molar-refractivity contribution in [2.75, 3.05) is 12.4 Å². The molecule has 2 aromatic carbocycles. The van der Waals surface area contributed by atoms with E-state index in [4.69, 9.17) is 12.2 Å². The summed E-state index contributed by atoms with van der Waals surface area (Å²) in [5.74, 6) is -0.364. The molecule has 1 amide bonds. The molecule has 2 aromatic rings. The van der Waals surface area contributed by atoms with Gasteiger partial charge in [0.1, 0.15) is 0 Å². The standard InChI is InChI=1S/C15H14N4O3S/c1-18(17-15(23)16-12-5-3-2-4-6-12)14(20)11-7-9-13(10-8-11)19(21)22/h2-10H,1H3,(H2,16,17,23). The number of amides is 1. The molecule has 8 heteroatoms. The zero-order valence-corrected chi connectivity index (χ0v) is 13.0. The van der Waals surface area contributed by atoms with Crippen LogP contribution in [-0.4, -0.2) is 28.0 Å². The first-order valence-electron chi connectivity index (χ1n) is 6.62. The number of non-ortho nitro benzene ring substituents is 1. The summed E-state index contributed by atoms with van der Waals surface area (Å²) < 4.78 is 0. The summed E-state index contributed by atoms with van der Waals surface area (Å²) in [6.45, 7) is 0. The molecule has 0 fully saturated rings. The van der Waals surface area contributed by atoms with E-state index >= 15 is 0 Å². The maximum absolute atomic E-state index is 12.2. The van der Waals surface area contributed by atoms with Gasteiger partial charge in [-0.15, -0.1) is 0 Å². The van der Waals surface area contributed by atoms with Crippen LogP contribution in [0.15, 0.2) is 54.6 Å². The molecule has 0 aliphatic carbocycles. The fourth-order valence-corrected chi connectivity index (χ4v) is 2.06. The van der Waals surface area contributed by atoms with E-state index < -0.39 is 4.92 Å². The van der Waals surface area contributed by atoms with Crippen molar-refractivity contribution in [1.82, 2.24) is 10.4 Å². The molecule has 0 bridgehead atoms. The Morgan fingerprint density at radius 1 is 1.13 bits per heavy atom. The molecule has 118 valence electrons. The number of rotatable bonds is 3. The molecule has 0 spiro atoms. The molecular weight excluding hydrogens is 316 g/mol. The van der Waals surface area contributed by atoms with E-state index in [1.165, 1.54) is 36.3 Å². The predicted octanol–water partition coefficient (Wildman–Crippen LogP) is 2.57. The Bertz CT molecular complexity index is 719. The summed E-state index contributed by atoms with van der Waals surface area (Å²) in [5.41, 5.74) is 3.77. The lowest BCUT2D eigenvalue weighted by Gasteiger charge is -2.20. The Balaban J connectivity index is 1.96. The van der Waals surface area contributed by atoms with Gasteiger partial charge in [0, 0.05) is 30.4 Å². The van der Waals surface area contributed by atoms with Gasteiger partial charge in [-0.05, 0) is 36.5 Å². The summed E-state index contributed by atoms with van der Waals surface area (Å²) in [6, 6.07) is 14.6. The van der Waals surface area contributed by atoms with E-state index in [0.717, 1.165) is 5.69 Å². The zero-order chi connectivity index (χ0) is 16.8. The SMILES string of the molecule is CN(NC(=S)Nc1ccccc1)C(=O)c1ccc([N+](=O)[O-])cc1. The molecule has 0 heterocycles. The van der Waals surface area contributed by atoms with Gasteiger partial charge in [0.25, 0.3) is 11.6 Å². The number of anilines is 1. The molecule has 0 saturated heterocycles. The van der Waals surface area contributed by atoms with Crippen molar-refractivity contribution in [3.63, 3.8) is 0 Å². The van der Waals surface area contributed by atoms with Gasteiger partial charge >= 0.3 is 0 Å². The van der Waals surface area contributed by atoms with Crippen molar-refractivity contribution in [2.24, 2.45) is 0 Å². The maximum atomic E-state index is 12.2. The smallest absolute Gasteiger partial charge is 0.271 e. The number of nitrogens with zero attached hydrogens (tertiary/aromatic N) is 2. The van der Waals surface area contributed by atoms with Crippen molar-refractivity contribution in [2.45, 2.75) is 0 Å². The molecule has 0 radical (unpaired) electrons. The van der Waals surface area contributed by atoms with E-state index in [-0.39, 0.29) is 16.7 Å². The number of nitro benzene ring substituents is 1. The first kappa shape index (κ1) is 16.4. The summed E-state index contributed by atoms with van der Waals surface area (Å²) in [7, 11) is 1.52. The first-order valence-corrected chi connectivity index (χ1v) is 7.03. The summed E-state index contributed by atoms with van der Waals surface area (Å²) in [5, 5.41) is 15.0. The zero-order valence-electron chi connectivity index (χ0n) is 12.2. The van der Waals surface area contributed by atoms with E-state index in [2.05, 4.69) is 10.7 Å². The number of carbonyl (C=O) groups excluding carboxylic acids is 1. The van der Waals surface area contributed by atoms with Gasteiger partial charge in [-0.3, -0.25) is 25.3 Å². The lowest BCUT2D eigenvalue weighted by Crippen LogP contribution is -2.45. The molecule has 2 rings (SSSR count). The van der Waals surface area contributed by atoms with Gasteiger partial charge in [-0.25, -0.2) is 0 Å². The third-order valence-electron chi connectivity index (χ3n) is 2.93. The fourth-order valence-electron chi connectivity index (χ4n) is 1.80. The highest BCUT2D eigenvalue weighted by Gasteiger charge is 2.14. The lowest BCUT2D eigenvalue weighted by atomic mass is 10.2. The Kier molecular flexibility index (Phi) is 5.21. The van der Waals surface area contributed by atoms with Crippen LogP contribution in [0.5, 0.6) is 0 Å². The number of carbonyl (C=O) groups is 1. The molecule has 23 heavy (non-hydrogen) atoms. The van der Waals surface area contributed by atoms with Crippen LogP contribution in [0.1, 0.15) is 10.4 Å². The molecule has 0 aromatic heterocycles. The maximum Gasteiger partial charge on any atom is 0.271 e. The fraction of sp³-hybridized carbons (Fsp3) is 0.0667. The molecule has 2 N–H and O–H groups in total. The summed E-state index contributed by atoms with van der Waals surface area (Å²) in [4.78, 5) is 22.3. The highest BCUT2D eigenvalue weighted by Crippen LogP contribution is 2.12. The topological polar surface area (TPSA) is 87.5 Å². The van der Waals surface area contributed by atoms with Gasteiger partial charge in [-0.1, -0.05) is 18.2 Å². The molecular formula is C15H14N4O3S. The van der Waals surface area contributed by atoms with Crippen LogP contribution in [0.4, 0.5) is 11.4 Å². The molecule has 0 saturated carbocycles. The van der Waals surface area contributed by atoms with Crippen LogP contribution in [0, 0.1) is 10.1 Å². The Labute approximate surface area is 138 Å². The molecule has 0 atom stereocenters. The number of nitrogens with one attached hydrogen (secondary N) is 2. The first-order chi connectivity index (χ1) is 11.0. The minimum absolute atomic E-state index is 0.0709. The van der Waals surface area contributed by atoms with Crippen molar-refractivity contribution < 1.29 is 9.72 Å². The summed E-state index contributed by atoms with van der Waals surface area (Å²) >= 11 is 5.13. The minimum atomic E-state index is -0.519. The number of hydrogen-bond donors (Lipinski definition) is 2. The minimum Gasteiger partial charge on any atom is -0.331 e. The van der Waals surface area contributed by atoms with Gasteiger partial charge in [0.2, 0.25) is 0 Å². The van der Waals surface area contributed by atoms with Gasteiger partial charge < -0.3 is 5.32 Å². The molecule has 0 unspecified atom stereocenters. The van der Waals surface area contributed by atoms with E-state index in [1.54, 1.807) is 0 Å². The van der Waals surface area contributed by atoms with Crippen LogP contribution in [0.25, 0.3) is 0 Å². The van der Waals surface area contributed by atoms with Gasteiger partial charge in [-0.2, -0.15) is 0 Å². The van der Waals surface area contributed by atoms with Crippen molar-refractivity contribution in [3.8, 4) is 0 Å². The highest BCUT2D eigenvalue weighted by atomic mass is 32.1.